The molecule has 0 radical (unpaired) electrons. The fourth-order valence-corrected chi connectivity index (χ4v) is 3.90. The van der Waals surface area contributed by atoms with Crippen LogP contribution in [0.25, 0.3) is 0 Å². The minimum atomic E-state index is -0.145. The largest absolute Gasteiger partial charge is 0.371 e. The van der Waals surface area contributed by atoms with Gasteiger partial charge >= 0.3 is 0 Å². The number of fused-ring (bicyclic) bond motifs is 1. The van der Waals surface area contributed by atoms with Crippen molar-refractivity contribution < 1.29 is 9.26 Å². The van der Waals surface area contributed by atoms with Crippen molar-refractivity contribution in [3.05, 3.63) is 11.7 Å². The summed E-state index contributed by atoms with van der Waals surface area (Å²) in [5.41, 5.74) is 0. The highest BCUT2D eigenvalue weighted by Gasteiger charge is 2.35. The van der Waals surface area contributed by atoms with Gasteiger partial charge in [0.25, 0.3) is 0 Å². The number of aliphatic imine (C=N–C) groups is 1. The van der Waals surface area contributed by atoms with E-state index < -0.39 is 0 Å². The minimum absolute atomic E-state index is 0. The molecule has 2 fully saturated rings. The molecule has 0 spiro atoms. The average molecular weight is 463 g/mol. The van der Waals surface area contributed by atoms with Crippen molar-refractivity contribution in [1.82, 2.24) is 20.4 Å². The topological polar surface area (TPSA) is 75.8 Å². The summed E-state index contributed by atoms with van der Waals surface area (Å²) in [7, 11) is 1.83. The van der Waals surface area contributed by atoms with Crippen molar-refractivity contribution in [3.63, 3.8) is 0 Å². The molecule has 1 N–H and O–H groups in total. The Kier molecular flexibility index (Phi) is 7.92. The first-order chi connectivity index (χ1) is 11.7. The molecule has 0 bridgehead atoms. The maximum atomic E-state index is 5.49. The molecular formula is C17H30IN5O2. The van der Waals surface area contributed by atoms with Gasteiger partial charge in [0.15, 0.2) is 11.8 Å². The van der Waals surface area contributed by atoms with Gasteiger partial charge in [-0.1, -0.05) is 18.0 Å². The molecule has 1 saturated carbocycles. The van der Waals surface area contributed by atoms with E-state index in [1.165, 1.54) is 25.7 Å². The van der Waals surface area contributed by atoms with Crippen LogP contribution in [0, 0.1) is 11.8 Å². The van der Waals surface area contributed by atoms with E-state index in [-0.39, 0.29) is 30.1 Å². The van der Waals surface area contributed by atoms with E-state index in [1.807, 2.05) is 20.9 Å². The van der Waals surface area contributed by atoms with Gasteiger partial charge in [0.1, 0.15) is 6.10 Å². The van der Waals surface area contributed by atoms with E-state index in [1.54, 1.807) is 0 Å². The third-order valence-electron chi connectivity index (χ3n) is 5.15. The summed E-state index contributed by atoms with van der Waals surface area (Å²) >= 11 is 0. The van der Waals surface area contributed by atoms with E-state index >= 15 is 0 Å². The summed E-state index contributed by atoms with van der Waals surface area (Å²) in [4.78, 5) is 11.2. The number of hydrogen-bond acceptors (Lipinski definition) is 5. The highest BCUT2D eigenvalue weighted by molar-refractivity contribution is 14.0. The minimum Gasteiger partial charge on any atom is -0.371 e. The molecule has 25 heavy (non-hydrogen) atoms. The highest BCUT2D eigenvalue weighted by atomic mass is 127. The number of halogens is 1. The van der Waals surface area contributed by atoms with Crippen molar-refractivity contribution in [2.75, 3.05) is 26.7 Å². The van der Waals surface area contributed by atoms with Crippen LogP contribution in [0.3, 0.4) is 0 Å². The zero-order valence-corrected chi connectivity index (χ0v) is 17.7. The first-order valence-corrected chi connectivity index (χ1v) is 9.11. The van der Waals surface area contributed by atoms with Crippen LogP contribution in [-0.2, 0) is 11.3 Å². The lowest BCUT2D eigenvalue weighted by atomic mass is 9.82. The molecule has 3 atom stereocenters. The van der Waals surface area contributed by atoms with Crippen molar-refractivity contribution in [2.24, 2.45) is 16.8 Å². The fourth-order valence-electron chi connectivity index (χ4n) is 3.90. The lowest BCUT2D eigenvalue weighted by molar-refractivity contribution is 0.0683. The Hall–Kier alpha value is -0.900. The van der Waals surface area contributed by atoms with E-state index in [0.717, 1.165) is 30.9 Å². The summed E-state index contributed by atoms with van der Waals surface area (Å²) in [5.74, 6) is 3.76. The smallest absolute Gasteiger partial charge is 0.246 e. The number of rotatable bonds is 5. The average Bonchev–Trinajstić information content (AvgIpc) is 3.22. The van der Waals surface area contributed by atoms with Crippen molar-refractivity contribution in [3.8, 4) is 0 Å². The molecule has 3 unspecified atom stereocenters. The van der Waals surface area contributed by atoms with Crippen LogP contribution >= 0.6 is 24.0 Å². The molecule has 3 rings (SSSR count). The van der Waals surface area contributed by atoms with Gasteiger partial charge in [-0.05, 0) is 38.5 Å². The third kappa shape index (κ3) is 5.06. The van der Waals surface area contributed by atoms with Crippen LogP contribution in [0.2, 0.25) is 0 Å². The van der Waals surface area contributed by atoms with Crippen LogP contribution in [0.15, 0.2) is 9.52 Å². The van der Waals surface area contributed by atoms with Gasteiger partial charge in [0.05, 0.1) is 6.54 Å². The molecule has 2 heterocycles. The van der Waals surface area contributed by atoms with Crippen molar-refractivity contribution >= 4 is 29.9 Å². The van der Waals surface area contributed by atoms with E-state index in [9.17, 15) is 0 Å². The molecule has 7 nitrogen and oxygen atoms in total. The zero-order chi connectivity index (χ0) is 16.9. The van der Waals surface area contributed by atoms with E-state index in [4.69, 9.17) is 9.26 Å². The molecule has 1 aliphatic carbocycles. The quantitative estimate of drug-likeness (QED) is 0.411. The number of guanidine groups is 1. The maximum Gasteiger partial charge on any atom is 0.246 e. The molecule has 8 heteroatoms. The Labute approximate surface area is 167 Å². The van der Waals surface area contributed by atoms with Crippen LogP contribution in [0.5, 0.6) is 0 Å². The number of nitrogens with one attached hydrogen (secondary N) is 1. The number of hydrogen-bond donors (Lipinski definition) is 1. The number of nitrogens with zero attached hydrogens (tertiary/aromatic N) is 4. The van der Waals surface area contributed by atoms with Crippen molar-refractivity contribution in [2.45, 2.75) is 52.2 Å². The Morgan fingerprint density at radius 3 is 2.64 bits per heavy atom. The molecule has 1 aromatic heterocycles. The van der Waals surface area contributed by atoms with Gasteiger partial charge < -0.3 is 19.5 Å². The number of aromatic nitrogens is 2. The fraction of sp³-hybridized carbons (Fsp3) is 0.824. The van der Waals surface area contributed by atoms with Gasteiger partial charge in [0, 0.05) is 26.7 Å². The number of likely N-dealkylation sites (tertiary alicyclic amines) is 1. The maximum absolute atomic E-state index is 5.49. The standard InChI is InChI=1S/C17H29N5O2.HI/c1-4-23-12(2)16-20-15(24-21-16)9-19-17(18-3)22-10-13-7-5-6-8-14(13)11-22;/h12-14H,4-11H2,1-3H3,(H,18,19);1H. The summed E-state index contributed by atoms with van der Waals surface area (Å²) in [5, 5.41) is 7.35. The van der Waals surface area contributed by atoms with Crippen LogP contribution in [0.4, 0.5) is 0 Å². The molecule has 142 valence electrons. The van der Waals surface area contributed by atoms with Gasteiger partial charge in [-0.25, -0.2) is 0 Å². The normalized spacial score (nSPS) is 24.6. The molecule has 1 aliphatic heterocycles. The second-order valence-corrected chi connectivity index (χ2v) is 6.75. The predicted octanol–water partition coefficient (Wildman–Crippen LogP) is 2.98. The van der Waals surface area contributed by atoms with E-state index in [0.29, 0.717) is 24.9 Å². The molecule has 2 aliphatic rings. The molecule has 1 saturated heterocycles. The van der Waals surface area contributed by atoms with Crippen LogP contribution in [-0.4, -0.2) is 47.7 Å². The lowest BCUT2D eigenvalue weighted by Crippen LogP contribution is -2.40. The first kappa shape index (κ1) is 20.4. The first-order valence-electron chi connectivity index (χ1n) is 9.11. The van der Waals surface area contributed by atoms with Crippen molar-refractivity contribution in [1.29, 1.82) is 0 Å². The Bertz CT molecular complexity index is 551. The Morgan fingerprint density at radius 1 is 1.36 bits per heavy atom. The molecular weight excluding hydrogens is 433 g/mol. The third-order valence-corrected chi connectivity index (χ3v) is 5.15. The van der Waals surface area contributed by atoms with Crippen LogP contribution < -0.4 is 5.32 Å². The van der Waals surface area contributed by atoms with Gasteiger partial charge in [-0.15, -0.1) is 24.0 Å². The van der Waals surface area contributed by atoms with E-state index in [2.05, 4.69) is 25.3 Å². The lowest BCUT2D eigenvalue weighted by Gasteiger charge is -2.22. The van der Waals surface area contributed by atoms with Gasteiger partial charge in [-0.3, -0.25) is 4.99 Å². The Morgan fingerprint density at radius 2 is 2.04 bits per heavy atom. The summed E-state index contributed by atoms with van der Waals surface area (Å²) in [6.07, 6.45) is 5.34. The molecule has 0 amide bonds. The second kappa shape index (κ2) is 9.70. The predicted molar refractivity (Wildman–Crippen MR) is 107 cm³/mol. The summed E-state index contributed by atoms with van der Waals surface area (Å²) in [6, 6.07) is 0. The van der Waals surface area contributed by atoms with Gasteiger partial charge in [0.2, 0.25) is 5.89 Å². The second-order valence-electron chi connectivity index (χ2n) is 6.75. The summed E-state index contributed by atoms with van der Waals surface area (Å²) in [6.45, 7) is 7.23. The Balaban J connectivity index is 0.00000225. The van der Waals surface area contributed by atoms with Crippen LogP contribution in [0.1, 0.15) is 57.3 Å². The summed E-state index contributed by atoms with van der Waals surface area (Å²) < 4.78 is 10.8. The molecule has 0 aromatic carbocycles. The SMILES string of the molecule is CCOC(C)c1noc(CNC(=NC)N2CC3CCCCC3C2)n1.I. The zero-order valence-electron chi connectivity index (χ0n) is 15.4. The number of ether oxygens (including phenoxy) is 1. The highest BCUT2D eigenvalue weighted by Crippen LogP contribution is 2.35. The molecule has 1 aromatic rings. The van der Waals surface area contributed by atoms with Gasteiger partial charge in [-0.2, -0.15) is 4.98 Å². The monoisotopic (exact) mass is 463 g/mol.